The highest BCUT2D eigenvalue weighted by Crippen LogP contribution is 2.28. The second kappa shape index (κ2) is 13.2. The van der Waals surface area contributed by atoms with Crippen LogP contribution in [0.4, 0.5) is 17.1 Å². The molecule has 2 N–H and O–H groups in total. The molecule has 45 heavy (non-hydrogen) atoms. The molecule has 0 unspecified atom stereocenters. The predicted octanol–water partition coefficient (Wildman–Crippen LogP) is 6.73. The first kappa shape index (κ1) is 31.3. The van der Waals surface area contributed by atoms with E-state index < -0.39 is 32.5 Å². The van der Waals surface area contributed by atoms with Gasteiger partial charge in [-0.05, 0) is 98.3 Å². The quantitative estimate of drug-likeness (QED) is 0.165. The minimum absolute atomic E-state index is 0.00608. The summed E-state index contributed by atoms with van der Waals surface area (Å²) >= 11 is 0. The predicted molar refractivity (Wildman–Crippen MR) is 176 cm³/mol. The molecule has 0 aliphatic heterocycles. The fourth-order valence-corrected chi connectivity index (χ4v) is 7.09. The topological polar surface area (TPSA) is 122 Å². The van der Waals surface area contributed by atoms with Crippen LogP contribution in [0.3, 0.4) is 0 Å². The molecule has 11 heteroatoms. The molecule has 0 aliphatic rings. The van der Waals surface area contributed by atoms with Crippen LogP contribution in [0.15, 0.2) is 137 Å². The summed E-state index contributed by atoms with van der Waals surface area (Å²) in [5, 5.41) is 2.67. The Hall–Kier alpha value is -5.13. The molecule has 0 fully saturated rings. The number of carbonyl (C=O) groups excluding carboxylic acids is 1. The van der Waals surface area contributed by atoms with Gasteiger partial charge < -0.3 is 10.1 Å². The molecule has 230 valence electrons. The van der Waals surface area contributed by atoms with Gasteiger partial charge in [-0.2, -0.15) is 0 Å². The van der Waals surface area contributed by atoms with Gasteiger partial charge in [0, 0.05) is 5.69 Å². The van der Waals surface area contributed by atoms with Crippen molar-refractivity contribution in [1.29, 1.82) is 0 Å². The molecule has 0 atom stereocenters. The van der Waals surface area contributed by atoms with Gasteiger partial charge in [-0.25, -0.2) is 16.8 Å². The number of rotatable bonds is 11. The SMILES string of the molecule is Cc1ccc(NS(=O)(=O)c2ccc(NC(=O)CN(c3ccc(Oc4ccccc4)cc3)S(=O)(=O)c3ccccc3)cc2)c(C)c1. The third kappa shape index (κ3) is 7.69. The Bertz CT molecular complexity index is 2000. The molecule has 5 aromatic rings. The highest BCUT2D eigenvalue weighted by molar-refractivity contribution is 7.93. The molecule has 0 bridgehead atoms. The fraction of sp³-hybridized carbons (Fsp3) is 0.0882. The van der Waals surface area contributed by atoms with Crippen LogP contribution in [0.2, 0.25) is 0 Å². The van der Waals surface area contributed by atoms with E-state index in [1.165, 1.54) is 36.4 Å². The Labute approximate surface area is 263 Å². The number of hydrogen-bond donors (Lipinski definition) is 2. The number of ether oxygens (including phenoxy) is 1. The molecular formula is C34H31N3O6S2. The Morgan fingerprint density at radius 1 is 0.689 bits per heavy atom. The summed E-state index contributed by atoms with van der Waals surface area (Å²) in [6, 6.07) is 34.4. The highest BCUT2D eigenvalue weighted by Gasteiger charge is 2.27. The van der Waals surface area contributed by atoms with Crippen molar-refractivity contribution in [2.24, 2.45) is 0 Å². The normalized spacial score (nSPS) is 11.4. The maximum Gasteiger partial charge on any atom is 0.264 e. The van der Waals surface area contributed by atoms with Gasteiger partial charge in [-0.15, -0.1) is 0 Å². The van der Waals surface area contributed by atoms with Crippen molar-refractivity contribution in [2.75, 3.05) is 20.9 Å². The minimum Gasteiger partial charge on any atom is -0.457 e. The lowest BCUT2D eigenvalue weighted by Gasteiger charge is -2.24. The van der Waals surface area contributed by atoms with Gasteiger partial charge in [-0.1, -0.05) is 54.1 Å². The van der Waals surface area contributed by atoms with Crippen molar-refractivity contribution >= 4 is 43.0 Å². The van der Waals surface area contributed by atoms with Crippen molar-refractivity contribution in [3.8, 4) is 11.5 Å². The van der Waals surface area contributed by atoms with E-state index in [0.717, 1.165) is 15.4 Å². The van der Waals surface area contributed by atoms with Crippen LogP contribution < -0.4 is 19.1 Å². The molecular weight excluding hydrogens is 611 g/mol. The van der Waals surface area contributed by atoms with Crippen molar-refractivity contribution < 1.29 is 26.4 Å². The lowest BCUT2D eigenvalue weighted by atomic mass is 10.1. The second-order valence-corrected chi connectivity index (χ2v) is 13.8. The summed E-state index contributed by atoms with van der Waals surface area (Å²) in [5.41, 5.74) is 2.83. The van der Waals surface area contributed by atoms with Crippen molar-refractivity contribution in [3.63, 3.8) is 0 Å². The zero-order chi connectivity index (χ0) is 32.0. The molecule has 0 aromatic heterocycles. The first-order chi connectivity index (χ1) is 21.5. The van der Waals surface area contributed by atoms with E-state index >= 15 is 0 Å². The third-order valence-corrected chi connectivity index (χ3v) is 9.97. The molecule has 0 radical (unpaired) electrons. The maximum absolute atomic E-state index is 13.7. The van der Waals surface area contributed by atoms with Gasteiger partial charge in [0.2, 0.25) is 5.91 Å². The van der Waals surface area contributed by atoms with Crippen LogP contribution in [0.25, 0.3) is 0 Å². The number of sulfonamides is 2. The van der Waals surface area contributed by atoms with Gasteiger partial charge >= 0.3 is 0 Å². The maximum atomic E-state index is 13.7. The Morgan fingerprint density at radius 2 is 1.29 bits per heavy atom. The largest absolute Gasteiger partial charge is 0.457 e. The molecule has 9 nitrogen and oxygen atoms in total. The van der Waals surface area contributed by atoms with Crippen molar-refractivity contribution in [2.45, 2.75) is 23.6 Å². The van der Waals surface area contributed by atoms with Crippen LogP contribution in [-0.4, -0.2) is 29.3 Å². The first-order valence-corrected chi connectivity index (χ1v) is 16.8. The van der Waals surface area contributed by atoms with E-state index in [1.807, 2.05) is 44.2 Å². The number of aryl methyl sites for hydroxylation is 2. The number of amides is 1. The number of nitrogens with one attached hydrogen (secondary N) is 2. The Balaban J connectivity index is 1.33. The second-order valence-electron chi connectivity index (χ2n) is 10.2. The van der Waals surface area contributed by atoms with Crippen LogP contribution in [-0.2, 0) is 24.8 Å². The number of anilines is 3. The summed E-state index contributed by atoms with van der Waals surface area (Å²) in [4.78, 5) is 13.2. The van der Waals surface area contributed by atoms with E-state index in [0.29, 0.717) is 22.9 Å². The monoisotopic (exact) mass is 641 g/mol. The lowest BCUT2D eigenvalue weighted by molar-refractivity contribution is -0.114. The zero-order valence-corrected chi connectivity index (χ0v) is 26.2. The summed E-state index contributed by atoms with van der Waals surface area (Å²) in [6.45, 7) is 3.20. The Kier molecular flexibility index (Phi) is 9.21. The third-order valence-electron chi connectivity index (χ3n) is 6.80. The van der Waals surface area contributed by atoms with E-state index in [-0.39, 0.29) is 15.5 Å². The van der Waals surface area contributed by atoms with E-state index in [1.54, 1.807) is 60.7 Å². The molecule has 0 heterocycles. The summed E-state index contributed by atoms with van der Waals surface area (Å²) in [7, 11) is -8.01. The number of carbonyl (C=O) groups is 1. The van der Waals surface area contributed by atoms with Crippen LogP contribution >= 0.6 is 0 Å². The van der Waals surface area contributed by atoms with Crippen molar-refractivity contribution in [1.82, 2.24) is 0 Å². The number of benzene rings is 5. The fourth-order valence-electron chi connectivity index (χ4n) is 4.52. The van der Waals surface area contributed by atoms with Crippen molar-refractivity contribution in [3.05, 3.63) is 139 Å². The summed E-state index contributed by atoms with van der Waals surface area (Å²) in [5.74, 6) is 0.495. The van der Waals surface area contributed by atoms with E-state index in [9.17, 15) is 21.6 Å². The molecule has 0 aliphatic carbocycles. The van der Waals surface area contributed by atoms with Gasteiger partial charge in [-0.3, -0.25) is 13.8 Å². The van der Waals surface area contributed by atoms with E-state index in [4.69, 9.17) is 4.74 Å². The summed E-state index contributed by atoms with van der Waals surface area (Å²) < 4.78 is 62.7. The number of para-hydroxylation sites is 1. The first-order valence-electron chi connectivity index (χ1n) is 13.9. The minimum atomic E-state index is -4.13. The Morgan fingerprint density at radius 3 is 1.91 bits per heavy atom. The average molecular weight is 642 g/mol. The lowest BCUT2D eigenvalue weighted by Crippen LogP contribution is -2.38. The molecule has 0 saturated carbocycles. The standard InChI is InChI=1S/C34H31N3O6S2/c1-25-13-22-33(26(2)23-25)36-44(39,40)31-20-14-27(15-21-31)35-34(38)24-37(45(41,42)32-11-7-4-8-12-32)28-16-18-30(19-17-28)43-29-9-5-3-6-10-29/h3-23,36H,24H2,1-2H3,(H,35,38). The number of nitrogens with zero attached hydrogens (tertiary/aromatic N) is 1. The van der Waals surface area contributed by atoms with Crippen LogP contribution in [0.1, 0.15) is 11.1 Å². The molecule has 0 saturated heterocycles. The number of hydrogen-bond acceptors (Lipinski definition) is 6. The van der Waals surface area contributed by atoms with Crippen LogP contribution in [0.5, 0.6) is 11.5 Å². The highest BCUT2D eigenvalue weighted by atomic mass is 32.2. The van der Waals surface area contributed by atoms with Gasteiger partial charge in [0.25, 0.3) is 20.0 Å². The van der Waals surface area contributed by atoms with E-state index in [2.05, 4.69) is 10.0 Å². The van der Waals surface area contributed by atoms with Gasteiger partial charge in [0.15, 0.2) is 0 Å². The van der Waals surface area contributed by atoms with Gasteiger partial charge in [0.05, 0.1) is 21.2 Å². The van der Waals surface area contributed by atoms with Crippen LogP contribution in [0, 0.1) is 13.8 Å². The molecule has 5 rings (SSSR count). The molecule has 1 amide bonds. The summed E-state index contributed by atoms with van der Waals surface area (Å²) in [6.07, 6.45) is 0. The van der Waals surface area contributed by atoms with Gasteiger partial charge in [0.1, 0.15) is 18.0 Å². The zero-order valence-electron chi connectivity index (χ0n) is 24.5. The molecule has 5 aromatic carbocycles. The average Bonchev–Trinajstić information content (AvgIpc) is 3.03. The smallest absolute Gasteiger partial charge is 0.264 e. The molecule has 0 spiro atoms.